The summed E-state index contributed by atoms with van der Waals surface area (Å²) in [7, 11) is -0.247. The van der Waals surface area contributed by atoms with Gasteiger partial charge in [-0.2, -0.15) is 0 Å². The molecule has 100 valence electrons. The van der Waals surface area contributed by atoms with Crippen LogP contribution in [0.3, 0.4) is 0 Å². The summed E-state index contributed by atoms with van der Waals surface area (Å²) in [6.45, 7) is 10.5. The van der Waals surface area contributed by atoms with Gasteiger partial charge in [-0.25, -0.2) is 0 Å². The van der Waals surface area contributed by atoms with Crippen LogP contribution in [0.4, 0.5) is 0 Å². The first-order chi connectivity index (χ1) is 8.78. The molecule has 19 heavy (non-hydrogen) atoms. The largest absolute Gasteiger partial charge is 0.505 e. The fourth-order valence-corrected chi connectivity index (χ4v) is 3.36. The molecule has 0 bridgehead atoms. The van der Waals surface area contributed by atoms with Gasteiger partial charge in [-0.3, -0.25) is 0 Å². The summed E-state index contributed by atoms with van der Waals surface area (Å²) < 4.78 is 14.6. The second-order valence-electron chi connectivity index (χ2n) is 6.28. The summed E-state index contributed by atoms with van der Waals surface area (Å²) in [6.07, 6.45) is 0. The maximum atomic E-state index is 6.10. The molecule has 1 saturated heterocycles. The highest BCUT2D eigenvalue weighted by Crippen LogP contribution is 2.37. The molecule has 1 aliphatic rings. The molecule has 1 fully saturated rings. The molecule has 3 rings (SSSR count). The van der Waals surface area contributed by atoms with Crippen LogP contribution >= 0.6 is 11.3 Å². The van der Waals surface area contributed by atoms with Crippen molar-refractivity contribution in [2.45, 2.75) is 45.8 Å². The lowest BCUT2D eigenvalue weighted by molar-refractivity contribution is 0.00578. The highest BCUT2D eigenvalue weighted by molar-refractivity contribution is 7.28. The lowest BCUT2D eigenvalue weighted by Gasteiger charge is -2.32. The van der Waals surface area contributed by atoms with Crippen LogP contribution in [0.2, 0.25) is 0 Å². The highest BCUT2D eigenvalue weighted by atomic mass is 32.1. The lowest BCUT2D eigenvalue weighted by atomic mass is 9.87. The molecule has 0 saturated carbocycles. The molecule has 2 nitrogen and oxygen atoms in total. The van der Waals surface area contributed by atoms with Crippen LogP contribution in [0, 0.1) is 6.92 Å². The second kappa shape index (κ2) is 4.08. The van der Waals surface area contributed by atoms with Crippen LogP contribution in [0.1, 0.15) is 33.3 Å². The number of hydrogen-bond acceptors (Lipinski definition) is 3. The summed E-state index contributed by atoms with van der Waals surface area (Å²) in [5.74, 6) is 0. The molecule has 1 aliphatic heterocycles. The van der Waals surface area contributed by atoms with Gasteiger partial charge in [-0.15, -0.1) is 11.3 Å². The fourth-order valence-electron chi connectivity index (χ4n) is 2.23. The molecule has 0 atom stereocenters. The SMILES string of the molecule is Cc1ccc2cc(B3OC(C)(C)C(C)(C)O3)sc2c1. The third-order valence-electron chi connectivity index (χ3n) is 4.18. The first kappa shape index (κ1) is 13.2. The van der Waals surface area contributed by atoms with Crippen molar-refractivity contribution in [2.24, 2.45) is 0 Å². The van der Waals surface area contributed by atoms with Crippen molar-refractivity contribution in [2.75, 3.05) is 0 Å². The molecule has 1 aromatic heterocycles. The van der Waals surface area contributed by atoms with Crippen molar-refractivity contribution in [3.8, 4) is 0 Å². The molecule has 2 aromatic rings. The Bertz CT molecular complexity index is 614. The zero-order valence-corrected chi connectivity index (χ0v) is 12.9. The van der Waals surface area contributed by atoms with Crippen molar-refractivity contribution >= 4 is 33.3 Å². The Labute approximate surface area is 118 Å². The van der Waals surface area contributed by atoms with Gasteiger partial charge in [0, 0.05) is 9.48 Å². The van der Waals surface area contributed by atoms with Crippen LogP contribution in [0.5, 0.6) is 0 Å². The summed E-state index contributed by atoms with van der Waals surface area (Å²) in [5, 5.41) is 1.26. The second-order valence-corrected chi connectivity index (χ2v) is 7.39. The third-order valence-corrected chi connectivity index (χ3v) is 5.30. The van der Waals surface area contributed by atoms with Gasteiger partial charge in [0.15, 0.2) is 0 Å². The first-order valence-corrected chi connectivity index (χ1v) is 7.46. The molecule has 0 amide bonds. The van der Waals surface area contributed by atoms with Gasteiger partial charge in [-0.05, 0) is 57.7 Å². The number of aryl methyl sites for hydroxylation is 1. The van der Waals surface area contributed by atoms with Gasteiger partial charge in [0.1, 0.15) is 0 Å². The maximum absolute atomic E-state index is 6.10. The number of rotatable bonds is 1. The zero-order valence-electron chi connectivity index (χ0n) is 12.1. The standard InChI is InChI=1S/C15H19BO2S/c1-10-6-7-11-9-13(19-12(11)8-10)16-17-14(2,3)15(4,5)18-16/h6-9H,1-5H3. The Morgan fingerprint density at radius 1 is 1.00 bits per heavy atom. The molecule has 0 N–H and O–H groups in total. The van der Waals surface area contributed by atoms with Crippen molar-refractivity contribution < 1.29 is 9.31 Å². The van der Waals surface area contributed by atoms with Crippen molar-refractivity contribution in [3.63, 3.8) is 0 Å². The number of fused-ring (bicyclic) bond motifs is 1. The Kier molecular flexibility index (Phi) is 2.82. The molecule has 2 heterocycles. The van der Waals surface area contributed by atoms with Crippen LogP contribution < -0.4 is 4.78 Å². The number of thiophene rings is 1. The Morgan fingerprint density at radius 2 is 1.63 bits per heavy atom. The molecule has 4 heteroatoms. The normalized spacial score (nSPS) is 21.2. The number of benzene rings is 1. The van der Waals surface area contributed by atoms with E-state index >= 15 is 0 Å². The highest BCUT2D eigenvalue weighted by Gasteiger charge is 2.52. The molecule has 0 aliphatic carbocycles. The van der Waals surface area contributed by atoms with Crippen molar-refractivity contribution in [3.05, 3.63) is 29.8 Å². The van der Waals surface area contributed by atoms with Crippen molar-refractivity contribution in [1.29, 1.82) is 0 Å². The Hall–Kier alpha value is -0.835. The summed E-state index contributed by atoms with van der Waals surface area (Å²) >= 11 is 1.76. The minimum absolute atomic E-state index is 0.247. The number of hydrogen-bond donors (Lipinski definition) is 0. The van der Waals surface area contributed by atoms with E-state index < -0.39 is 0 Å². The fraction of sp³-hybridized carbons (Fsp3) is 0.467. The predicted molar refractivity (Wildman–Crippen MR) is 82.3 cm³/mol. The summed E-state index contributed by atoms with van der Waals surface area (Å²) in [5.41, 5.74) is 0.739. The van der Waals surface area contributed by atoms with Gasteiger partial charge in [0.05, 0.1) is 11.2 Å². The van der Waals surface area contributed by atoms with E-state index in [4.69, 9.17) is 9.31 Å². The van der Waals surface area contributed by atoms with E-state index in [-0.39, 0.29) is 18.3 Å². The minimum atomic E-state index is -0.274. The van der Waals surface area contributed by atoms with E-state index in [0.717, 1.165) is 4.78 Å². The smallest absolute Gasteiger partial charge is 0.399 e. The average Bonchev–Trinajstić information content (AvgIpc) is 2.78. The third kappa shape index (κ3) is 2.12. The van der Waals surface area contributed by atoms with Crippen LogP contribution in [0.25, 0.3) is 10.1 Å². The molecular weight excluding hydrogens is 255 g/mol. The zero-order chi connectivity index (χ0) is 13.8. The van der Waals surface area contributed by atoms with Gasteiger partial charge in [-0.1, -0.05) is 12.1 Å². The van der Waals surface area contributed by atoms with E-state index in [2.05, 4.69) is 58.9 Å². The van der Waals surface area contributed by atoms with Gasteiger partial charge in [0.25, 0.3) is 0 Å². The van der Waals surface area contributed by atoms with Gasteiger partial charge < -0.3 is 9.31 Å². The maximum Gasteiger partial charge on any atom is 0.505 e. The molecule has 1 aromatic carbocycles. The van der Waals surface area contributed by atoms with E-state index in [1.807, 2.05) is 0 Å². The van der Waals surface area contributed by atoms with Gasteiger partial charge >= 0.3 is 7.12 Å². The van der Waals surface area contributed by atoms with E-state index in [1.54, 1.807) is 11.3 Å². The Balaban J connectivity index is 1.98. The van der Waals surface area contributed by atoms with Crippen LogP contribution in [-0.2, 0) is 9.31 Å². The molecular formula is C15H19BO2S. The average molecular weight is 274 g/mol. The van der Waals surface area contributed by atoms with E-state index in [1.165, 1.54) is 15.6 Å². The lowest BCUT2D eigenvalue weighted by Crippen LogP contribution is -2.41. The summed E-state index contributed by atoms with van der Waals surface area (Å²) in [4.78, 5) is 0. The van der Waals surface area contributed by atoms with E-state index in [0.29, 0.717) is 0 Å². The summed E-state index contributed by atoms with van der Waals surface area (Å²) in [6, 6.07) is 8.70. The monoisotopic (exact) mass is 274 g/mol. The minimum Gasteiger partial charge on any atom is -0.399 e. The quantitative estimate of drug-likeness (QED) is 0.741. The van der Waals surface area contributed by atoms with E-state index in [9.17, 15) is 0 Å². The topological polar surface area (TPSA) is 18.5 Å². The first-order valence-electron chi connectivity index (χ1n) is 6.64. The molecule has 0 unspecified atom stereocenters. The molecule has 0 spiro atoms. The Morgan fingerprint density at radius 3 is 2.26 bits per heavy atom. The van der Waals surface area contributed by atoms with Crippen LogP contribution in [-0.4, -0.2) is 18.3 Å². The van der Waals surface area contributed by atoms with Crippen molar-refractivity contribution in [1.82, 2.24) is 0 Å². The molecule has 0 radical (unpaired) electrons. The van der Waals surface area contributed by atoms with Crippen LogP contribution in [0.15, 0.2) is 24.3 Å². The predicted octanol–water partition coefficient (Wildman–Crippen LogP) is 3.51. The van der Waals surface area contributed by atoms with Gasteiger partial charge in [0.2, 0.25) is 0 Å².